The highest BCUT2D eigenvalue weighted by Gasteiger charge is 2.13. The number of rotatable bonds is 4. The third kappa shape index (κ3) is 3.30. The highest BCUT2D eigenvalue weighted by Crippen LogP contribution is 2.18. The quantitative estimate of drug-likeness (QED) is 0.898. The zero-order valence-electron chi connectivity index (χ0n) is 11.2. The van der Waals surface area contributed by atoms with Gasteiger partial charge in [0.15, 0.2) is 0 Å². The summed E-state index contributed by atoms with van der Waals surface area (Å²) in [6.45, 7) is 2.60. The van der Waals surface area contributed by atoms with Crippen LogP contribution in [0, 0.1) is 17.1 Å². The second-order valence-corrected chi connectivity index (χ2v) is 4.05. The molecule has 0 fully saturated rings. The first kappa shape index (κ1) is 14.4. The van der Waals surface area contributed by atoms with Crippen LogP contribution in [-0.2, 0) is 0 Å². The zero-order valence-corrected chi connectivity index (χ0v) is 11.2. The van der Waals surface area contributed by atoms with E-state index in [2.05, 4.69) is 20.6 Å². The van der Waals surface area contributed by atoms with Crippen molar-refractivity contribution in [3.8, 4) is 6.07 Å². The maximum atomic E-state index is 13.4. The van der Waals surface area contributed by atoms with Gasteiger partial charge in [-0.3, -0.25) is 4.79 Å². The Bertz CT molecular complexity index is 694. The molecule has 1 aromatic heterocycles. The maximum absolute atomic E-state index is 13.4. The summed E-state index contributed by atoms with van der Waals surface area (Å²) in [6.07, 6.45) is 2.73. The van der Waals surface area contributed by atoms with Gasteiger partial charge in [-0.15, -0.1) is 0 Å². The number of anilines is 2. The number of hydrogen-bond donors (Lipinski definition) is 2. The summed E-state index contributed by atoms with van der Waals surface area (Å²) in [4.78, 5) is 20.0. The van der Waals surface area contributed by atoms with Crippen LogP contribution in [-0.4, -0.2) is 22.4 Å². The normalized spacial score (nSPS) is 9.76. The van der Waals surface area contributed by atoms with E-state index >= 15 is 0 Å². The Kier molecular flexibility index (Phi) is 4.41. The maximum Gasteiger partial charge on any atom is 0.275 e. The molecule has 0 unspecified atom stereocenters. The Morgan fingerprint density at radius 2 is 2.19 bits per heavy atom. The van der Waals surface area contributed by atoms with Gasteiger partial charge >= 0.3 is 0 Å². The van der Waals surface area contributed by atoms with Gasteiger partial charge < -0.3 is 10.6 Å². The predicted octanol–water partition coefficient (Wildman–Crippen LogP) is 2.17. The molecule has 0 atom stereocenters. The first-order chi connectivity index (χ1) is 10.2. The fourth-order valence-electron chi connectivity index (χ4n) is 1.65. The number of aromatic nitrogens is 2. The second kappa shape index (κ2) is 6.43. The van der Waals surface area contributed by atoms with E-state index in [9.17, 15) is 9.18 Å². The summed E-state index contributed by atoms with van der Waals surface area (Å²) in [5.74, 6) is -0.700. The summed E-state index contributed by atoms with van der Waals surface area (Å²) >= 11 is 0. The Balaban J connectivity index is 2.19. The van der Waals surface area contributed by atoms with Crippen molar-refractivity contribution < 1.29 is 9.18 Å². The molecule has 1 amide bonds. The number of amides is 1. The van der Waals surface area contributed by atoms with Crippen molar-refractivity contribution in [2.75, 3.05) is 17.2 Å². The summed E-state index contributed by atoms with van der Waals surface area (Å²) in [6, 6.07) is 5.72. The van der Waals surface area contributed by atoms with Crippen molar-refractivity contribution in [2.24, 2.45) is 0 Å². The number of nitriles is 1. The van der Waals surface area contributed by atoms with Crippen molar-refractivity contribution in [2.45, 2.75) is 6.92 Å². The number of hydrogen-bond acceptors (Lipinski definition) is 5. The first-order valence-corrected chi connectivity index (χ1v) is 6.21. The van der Waals surface area contributed by atoms with E-state index in [1.165, 1.54) is 24.5 Å². The molecule has 0 spiro atoms. The van der Waals surface area contributed by atoms with E-state index in [4.69, 9.17) is 5.26 Å². The van der Waals surface area contributed by atoms with Crippen LogP contribution in [0.2, 0.25) is 0 Å². The van der Waals surface area contributed by atoms with Crippen molar-refractivity contribution in [3.05, 3.63) is 47.7 Å². The van der Waals surface area contributed by atoms with Crippen LogP contribution < -0.4 is 10.6 Å². The molecule has 21 heavy (non-hydrogen) atoms. The van der Waals surface area contributed by atoms with Gasteiger partial charge in [-0.2, -0.15) is 5.26 Å². The molecule has 6 nitrogen and oxygen atoms in total. The van der Waals surface area contributed by atoms with Crippen LogP contribution in [0.15, 0.2) is 30.6 Å². The summed E-state index contributed by atoms with van der Waals surface area (Å²) < 4.78 is 13.4. The summed E-state index contributed by atoms with van der Waals surface area (Å²) in [7, 11) is 0. The molecular weight excluding hydrogens is 273 g/mol. The topological polar surface area (TPSA) is 90.7 Å². The molecule has 0 aliphatic heterocycles. The SMILES string of the molecule is CCNc1cnc(C(=O)Nc2cccc(F)c2C#N)cn1. The van der Waals surface area contributed by atoms with E-state index in [0.29, 0.717) is 12.4 Å². The van der Waals surface area contributed by atoms with E-state index in [1.54, 1.807) is 6.07 Å². The molecule has 106 valence electrons. The molecule has 2 N–H and O–H groups in total. The van der Waals surface area contributed by atoms with Crippen molar-refractivity contribution in [1.82, 2.24) is 9.97 Å². The van der Waals surface area contributed by atoms with Crippen molar-refractivity contribution in [3.63, 3.8) is 0 Å². The third-order valence-corrected chi connectivity index (χ3v) is 2.62. The van der Waals surface area contributed by atoms with Crippen LogP contribution in [0.1, 0.15) is 23.0 Å². The lowest BCUT2D eigenvalue weighted by atomic mass is 10.2. The number of carbonyl (C=O) groups excluding carboxylic acids is 1. The standard InChI is InChI=1S/C14H12FN5O/c1-2-17-13-8-18-12(7-19-13)14(21)20-11-5-3-4-10(15)9(11)6-16/h3-5,7-8H,2H2,1H3,(H,17,19)(H,20,21). The lowest BCUT2D eigenvalue weighted by Crippen LogP contribution is -2.15. The van der Waals surface area contributed by atoms with Crippen LogP contribution in [0.5, 0.6) is 0 Å². The number of nitrogens with one attached hydrogen (secondary N) is 2. The second-order valence-electron chi connectivity index (χ2n) is 4.05. The summed E-state index contributed by atoms with van der Waals surface area (Å²) in [5, 5.41) is 14.3. The van der Waals surface area contributed by atoms with Gasteiger partial charge in [0.1, 0.15) is 29.0 Å². The van der Waals surface area contributed by atoms with Gasteiger partial charge in [0.05, 0.1) is 18.1 Å². The molecular formula is C14H12FN5O. The number of nitrogens with zero attached hydrogens (tertiary/aromatic N) is 3. The molecule has 1 heterocycles. The molecule has 0 radical (unpaired) electrons. The zero-order chi connectivity index (χ0) is 15.2. The first-order valence-electron chi connectivity index (χ1n) is 6.21. The minimum Gasteiger partial charge on any atom is -0.369 e. The smallest absolute Gasteiger partial charge is 0.275 e. The van der Waals surface area contributed by atoms with Crippen LogP contribution in [0.25, 0.3) is 0 Å². The number of carbonyl (C=O) groups is 1. The fraction of sp³-hybridized carbons (Fsp3) is 0.143. The van der Waals surface area contributed by atoms with Gasteiger partial charge in [0.25, 0.3) is 5.91 Å². The van der Waals surface area contributed by atoms with Gasteiger partial charge in [-0.25, -0.2) is 14.4 Å². The molecule has 2 rings (SSSR count). The minimum atomic E-state index is -0.691. The highest BCUT2D eigenvalue weighted by atomic mass is 19.1. The lowest BCUT2D eigenvalue weighted by Gasteiger charge is -2.07. The molecule has 0 aliphatic rings. The van der Waals surface area contributed by atoms with Crippen LogP contribution in [0.3, 0.4) is 0 Å². The Morgan fingerprint density at radius 3 is 2.81 bits per heavy atom. The summed E-state index contributed by atoms with van der Waals surface area (Å²) in [5.41, 5.74) is -0.0482. The minimum absolute atomic E-state index is 0.0739. The Morgan fingerprint density at radius 1 is 1.38 bits per heavy atom. The average Bonchev–Trinajstić information content (AvgIpc) is 2.48. The predicted molar refractivity (Wildman–Crippen MR) is 75.3 cm³/mol. The molecule has 0 saturated carbocycles. The fourth-order valence-corrected chi connectivity index (χ4v) is 1.65. The van der Waals surface area contributed by atoms with Gasteiger partial charge in [0, 0.05) is 6.54 Å². The van der Waals surface area contributed by atoms with E-state index in [-0.39, 0.29) is 16.9 Å². The van der Waals surface area contributed by atoms with Gasteiger partial charge in [0.2, 0.25) is 0 Å². The van der Waals surface area contributed by atoms with E-state index in [0.717, 1.165) is 6.07 Å². The number of halogens is 1. The van der Waals surface area contributed by atoms with Crippen LogP contribution in [0.4, 0.5) is 15.9 Å². The van der Waals surface area contributed by atoms with E-state index < -0.39 is 11.7 Å². The molecule has 2 aromatic rings. The van der Waals surface area contributed by atoms with Crippen molar-refractivity contribution in [1.29, 1.82) is 5.26 Å². The Hall–Kier alpha value is -3.01. The molecule has 7 heteroatoms. The highest BCUT2D eigenvalue weighted by molar-refractivity contribution is 6.03. The van der Waals surface area contributed by atoms with Crippen molar-refractivity contribution >= 4 is 17.4 Å². The monoisotopic (exact) mass is 285 g/mol. The lowest BCUT2D eigenvalue weighted by molar-refractivity contribution is 0.102. The van der Waals surface area contributed by atoms with Gasteiger partial charge in [-0.05, 0) is 19.1 Å². The molecule has 0 saturated heterocycles. The molecule has 1 aromatic carbocycles. The van der Waals surface area contributed by atoms with E-state index in [1.807, 2.05) is 6.92 Å². The van der Waals surface area contributed by atoms with Gasteiger partial charge in [-0.1, -0.05) is 6.07 Å². The van der Waals surface area contributed by atoms with Crippen LogP contribution >= 0.6 is 0 Å². The Labute approximate surface area is 120 Å². The largest absolute Gasteiger partial charge is 0.369 e. The molecule has 0 bridgehead atoms. The number of benzene rings is 1. The third-order valence-electron chi connectivity index (χ3n) is 2.62. The average molecular weight is 285 g/mol. The molecule has 0 aliphatic carbocycles.